The standard InChI is InChI=1S/C12H17ClN4O/c1-8(18)15-10-2-4-17(5-3-10)12-7-9(14)6-11(13)16-12/h6-7,10H,2-5H2,1H3,(H2,14,16)(H,15,18). The van der Waals surface area contributed by atoms with E-state index in [2.05, 4.69) is 15.2 Å². The van der Waals surface area contributed by atoms with Crippen molar-refractivity contribution in [2.24, 2.45) is 0 Å². The van der Waals surface area contributed by atoms with Crippen molar-refractivity contribution in [1.82, 2.24) is 10.3 Å². The molecule has 0 aromatic carbocycles. The van der Waals surface area contributed by atoms with Crippen molar-refractivity contribution in [3.05, 3.63) is 17.3 Å². The zero-order chi connectivity index (χ0) is 13.1. The maximum absolute atomic E-state index is 11.0. The number of carbonyl (C=O) groups excluding carboxylic acids is 1. The van der Waals surface area contributed by atoms with Crippen LogP contribution in [0.1, 0.15) is 19.8 Å². The van der Waals surface area contributed by atoms with E-state index < -0.39 is 0 Å². The molecule has 0 atom stereocenters. The van der Waals surface area contributed by atoms with Gasteiger partial charge in [0.15, 0.2) is 0 Å². The van der Waals surface area contributed by atoms with E-state index in [4.69, 9.17) is 17.3 Å². The number of carbonyl (C=O) groups is 1. The highest BCUT2D eigenvalue weighted by atomic mass is 35.5. The molecule has 2 rings (SSSR count). The topological polar surface area (TPSA) is 71.2 Å². The second kappa shape index (κ2) is 5.44. The van der Waals surface area contributed by atoms with Crippen molar-refractivity contribution in [1.29, 1.82) is 0 Å². The molecular weight excluding hydrogens is 252 g/mol. The molecule has 0 aliphatic carbocycles. The number of nitrogens with one attached hydrogen (secondary N) is 1. The van der Waals surface area contributed by atoms with E-state index >= 15 is 0 Å². The zero-order valence-corrected chi connectivity index (χ0v) is 11.1. The molecule has 2 heterocycles. The molecule has 1 aliphatic rings. The first-order chi connectivity index (χ1) is 8.54. The second-order valence-corrected chi connectivity index (χ2v) is 4.93. The predicted octanol–water partition coefficient (Wildman–Crippen LogP) is 1.42. The predicted molar refractivity (Wildman–Crippen MR) is 72.7 cm³/mol. The van der Waals surface area contributed by atoms with E-state index in [1.807, 2.05) is 6.07 Å². The van der Waals surface area contributed by atoms with Crippen LogP contribution in [-0.4, -0.2) is 30.0 Å². The molecule has 18 heavy (non-hydrogen) atoms. The molecule has 1 aromatic heterocycles. The van der Waals surface area contributed by atoms with Crippen LogP contribution in [0.15, 0.2) is 12.1 Å². The van der Waals surface area contributed by atoms with Gasteiger partial charge in [0.1, 0.15) is 11.0 Å². The molecule has 98 valence electrons. The molecule has 0 bridgehead atoms. The van der Waals surface area contributed by atoms with Gasteiger partial charge in [-0.2, -0.15) is 0 Å². The minimum Gasteiger partial charge on any atom is -0.399 e. The lowest BCUT2D eigenvalue weighted by molar-refractivity contribution is -0.119. The highest BCUT2D eigenvalue weighted by Gasteiger charge is 2.20. The number of amides is 1. The van der Waals surface area contributed by atoms with Gasteiger partial charge in [-0.15, -0.1) is 0 Å². The van der Waals surface area contributed by atoms with Crippen LogP contribution in [0.25, 0.3) is 0 Å². The minimum absolute atomic E-state index is 0.0265. The fourth-order valence-corrected chi connectivity index (χ4v) is 2.42. The lowest BCUT2D eigenvalue weighted by Crippen LogP contribution is -2.44. The van der Waals surface area contributed by atoms with E-state index in [0.29, 0.717) is 10.8 Å². The lowest BCUT2D eigenvalue weighted by atomic mass is 10.1. The number of nitrogens with two attached hydrogens (primary N) is 1. The zero-order valence-electron chi connectivity index (χ0n) is 10.3. The van der Waals surface area contributed by atoms with Crippen LogP contribution in [0, 0.1) is 0 Å². The number of nitrogen functional groups attached to an aromatic ring is 1. The number of aromatic nitrogens is 1. The fourth-order valence-electron chi connectivity index (χ4n) is 2.20. The Morgan fingerprint density at radius 1 is 1.50 bits per heavy atom. The highest BCUT2D eigenvalue weighted by molar-refractivity contribution is 6.29. The quantitative estimate of drug-likeness (QED) is 0.796. The van der Waals surface area contributed by atoms with E-state index in [0.717, 1.165) is 31.7 Å². The fraction of sp³-hybridized carbons (Fsp3) is 0.500. The SMILES string of the molecule is CC(=O)NC1CCN(c2cc(N)cc(Cl)n2)CC1. The average Bonchev–Trinajstić information content (AvgIpc) is 2.27. The van der Waals surface area contributed by atoms with Gasteiger partial charge in [0.25, 0.3) is 0 Å². The molecule has 5 nitrogen and oxygen atoms in total. The summed E-state index contributed by atoms with van der Waals surface area (Å²) in [5, 5.41) is 3.35. The molecule has 1 aromatic rings. The van der Waals surface area contributed by atoms with Crippen LogP contribution < -0.4 is 16.0 Å². The molecule has 1 amide bonds. The van der Waals surface area contributed by atoms with Crippen molar-refractivity contribution >= 4 is 29.0 Å². The molecule has 0 unspecified atom stereocenters. The van der Waals surface area contributed by atoms with Gasteiger partial charge in [-0.3, -0.25) is 4.79 Å². The van der Waals surface area contributed by atoms with Crippen LogP contribution in [-0.2, 0) is 4.79 Å². The van der Waals surface area contributed by atoms with Gasteiger partial charge >= 0.3 is 0 Å². The molecule has 6 heteroatoms. The molecule has 0 saturated carbocycles. The van der Waals surface area contributed by atoms with Gasteiger partial charge in [-0.05, 0) is 18.9 Å². The Morgan fingerprint density at radius 2 is 2.17 bits per heavy atom. The largest absolute Gasteiger partial charge is 0.399 e. The van der Waals surface area contributed by atoms with Crippen LogP contribution >= 0.6 is 11.6 Å². The van der Waals surface area contributed by atoms with Crippen LogP contribution in [0.5, 0.6) is 0 Å². The monoisotopic (exact) mass is 268 g/mol. The maximum atomic E-state index is 11.0. The summed E-state index contributed by atoms with van der Waals surface area (Å²) in [6.45, 7) is 3.24. The Bertz CT molecular complexity index is 423. The van der Waals surface area contributed by atoms with Crippen molar-refractivity contribution in [3.63, 3.8) is 0 Å². The smallest absolute Gasteiger partial charge is 0.217 e. The summed E-state index contributed by atoms with van der Waals surface area (Å²) in [6, 6.07) is 3.72. The molecule has 1 fully saturated rings. The first kappa shape index (κ1) is 13.0. The molecule has 0 spiro atoms. The first-order valence-electron chi connectivity index (χ1n) is 5.99. The van der Waals surface area contributed by atoms with Gasteiger partial charge in [0.2, 0.25) is 5.91 Å². The molecule has 1 aliphatic heterocycles. The van der Waals surface area contributed by atoms with Crippen molar-refractivity contribution in [2.45, 2.75) is 25.8 Å². The summed E-state index contributed by atoms with van der Waals surface area (Å²) in [7, 11) is 0. The third-order valence-electron chi connectivity index (χ3n) is 3.03. The van der Waals surface area contributed by atoms with Crippen molar-refractivity contribution < 1.29 is 4.79 Å². The number of anilines is 2. The summed E-state index contributed by atoms with van der Waals surface area (Å²) in [6.07, 6.45) is 1.82. The van der Waals surface area contributed by atoms with Gasteiger partial charge in [-0.25, -0.2) is 4.98 Å². The first-order valence-corrected chi connectivity index (χ1v) is 6.37. The van der Waals surface area contributed by atoms with E-state index in [-0.39, 0.29) is 11.9 Å². The number of pyridine rings is 1. The number of hydrogen-bond donors (Lipinski definition) is 2. The van der Waals surface area contributed by atoms with Gasteiger partial charge in [0.05, 0.1) is 0 Å². The Hall–Kier alpha value is -1.49. The number of halogens is 1. The number of hydrogen-bond acceptors (Lipinski definition) is 4. The van der Waals surface area contributed by atoms with Crippen molar-refractivity contribution in [3.8, 4) is 0 Å². The number of piperidine rings is 1. The van der Waals surface area contributed by atoms with Crippen molar-refractivity contribution in [2.75, 3.05) is 23.7 Å². The summed E-state index contributed by atoms with van der Waals surface area (Å²) in [5.41, 5.74) is 6.37. The van der Waals surface area contributed by atoms with E-state index in [1.54, 1.807) is 13.0 Å². The van der Waals surface area contributed by atoms with Gasteiger partial charge in [0, 0.05) is 37.8 Å². The normalized spacial score (nSPS) is 16.7. The average molecular weight is 269 g/mol. The van der Waals surface area contributed by atoms with Gasteiger partial charge < -0.3 is 16.0 Å². The summed E-state index contributed by atoms with van der Waals surface area (Å²) >= 11 is 5.89. The molecule has 3 N–H and O–H groups in total. The van der Waals surface area contributed by atoms with Crippen LogP contribution in [0.3, 0.4) is 0 Å². The third kappa shape index (κ3) is 3.26. The van der Waals surface area contributed by atoms with Gasteiger partial charge in [-0.1, -0.05) is 11.6 Å². The van der Waals surface area contributed by atoms with Crippen LogP contribution in [0.2, 0.25) is 5.15 Å². The highest BCUT2D eigenvalue weighted by Crippen LogP contribution is 2.22. The second-order valence-electron chi connectivity index (χ2n) is 4.54. The summed E-state index contributed by atoms with van der Waals surface area (Å²) in [5.74, 6) is 0.833. The molecule has 1 saturated heterocycles. The number of rotatable bonds is 2. The van der Waals surface area contributed by atoms with E-state index in [9.17, 15) is 4.79 Å². The number of nitrogens with zero attached hydrogens (tertiary/aromatic N) is 2. The minimum atomic E-state index is 0.0265. The van der Waals surface area contributed by atoms with Crippen LogP contribution in [0.4, 0.5) is 11.5 Å². The van der Waals surface area contributed by atoms with E-state index in [1.165, 1.54) is 0 Å². The summed E-state index contributed by atoms with van der Waals surface area (Å²) < 4.78 is 0. The third-order valence-corrected chi connectivity index (χ3v) is 3.22. The Kier molecular flexibility index (Phi) is 3.91. The maximum Gasteiger partial charge on any atom is 0.217 e. The Balaban J connectivity index is 1.98. The molecule has 0 radical (unpaired) electrons. The lowest BCUT2D eigenvalue weighted by Gasteiger charge is -2.33. The Labute approximate surface area is 111 Å². The summed E-state index contributed by atoms with van der Waals surface area (Å²) in [4.78, 5) is 17.4. The molecular formula is C12H17ClN4O. The Morgan fingerprint density at radius 3 is 2.72 bits per heavy atom.